The van der Waals surface area contributed by atoms with E-state index >= 15 is 0 Å². The van der Waals surface area contributed by atoms with E-state index in [0.717, 1.165) is 11.4 Å². The summed E-state index contributed by atoms with van der Waals surface area (Å²) >= 11 is 0. The minimum Gasteiger partial charge on any atom is -0.337 e. The fourth-order valence-corrected chi connectivity index (χ4v) is 3.35. The number of nitrogens with zero attached hydrogens (tertiary/aromatic N) is 1. The molecule has 0 aromatic heterocycles. The van der Waals surface area contributed by atoms with Crippen molar-refractivity contribution in [1.29, 1.82) is 0 Å². The zero-order valence-electron chi connectivity index (χ0n) is 12.6. The molecular formula is C16H21NO3S. The van der Waals surface area contributed by atoms with E-state index < -0.39 is 10.1 Å². The Morgan fingerprint density at radius 3 is 2.62 bits per heavy atom. The van der Waals surface area contributed by atoms with Crippen LogP contribution < -0.4 is 4.90 Å². The maximum absolute atomic E-state index is 10.9. The van der Waals surface area contributed by atoms with Crippen LogP contribution in [0.4, 0.5) is 5.69 Å². The Labute approximate surface area is 126 Å². The summed E-state index contributed by atoms with van der Waals surface area (Å²) < 4.78 is 30.7. The second-order valence-electron chi connectivity index (χ2n) is 5.71. The lowest BCUT2D eigenvalue weighted by Gasteiger charge is -2.25. The molecule has 114 valence electrons. The number of hydrogen-bond donors (Lipinski definition) is 1. The molecule has 2 rings (SSSR count). The largest absolute Gasteiger partial charge is 0.337 e. The summed E-state index contributed by atoms with van der Waals surface area (Å²) in [5.41, 5.74) is 6.44. The van der Waals surface area contributed by atoms with Crippen LogP contribution in [0.3, 0.4) is 0 Å². The van der Waals surface area contributed by atoms with Crippen LogP contribution in [0, 0.1) is 0 Å². The fourth-order valence-electron chi connectivity index (χ4n) is 2.86. The van der Waals surface area contributed by atoms with Crippen molar-refractivity contribution in [2.75, 3.05) is 17.2 Å². The molecule has 1 aromatic carbocycles. The predicted octanol–water partition coefficient (Wildman–Crippen LogP) is 3.12. The summed E-state index contributed by atoms with van der Waals surface area (Å²) in [4.78, 5) is 2.10. The second-order valence-corrected chi connectivity index (χ2v) is 7.29. The quantitative estimate of drug-likeness (QED) is 0.686. The maximum atomic E-state index is 10.9. The predicted molar refractivity (Wildman–Crippen MR) is 85.1 cm³/mol. The SMILES string of the molecule is CC=C=C1N(CCCS(=O)(=O)O)c2ccccc2C1(C)C. The molecule has 0 fully saturated rings. The molecule has 1 heterocycles. The molecule has 21 heavy (non-hydrogen) atoms. The molecule has 1 N–H and O–H groups in total. The van der Waals surface area contributed by atoms with Gasteiger partial charge >= 0.3 is 0 Å². The van der Waals surface area contributed by atoms with Crippen molar-refractivity contribution in [3.05, 3.63) is 47.3 Å². The van der Waals surface area contributed by atoms with E-state index in [4.69, 9.17) is 4.55 Å². The zero-order chi connectivity index (χ0) is 15.7. The van der Waals surface area contributed by atoms with Crippen molar-refractivity contribution >= 4 is 15.8 Å². The van der Waals surface area contributed by atoms with Gasteiger partial charge in [0.15, 0.2) is 0 Å². The van der Waals surface area contributed by atoms with Gasteiger partial charge in [-0.3, -0.25) is 4.55 Å². The minimum absolute atomic E-state index is 0.165. The number of hydrogen-bond acceptors (Lipinski definition) is 3. The first-order valence-corrected chi connectivity index (χ1v) is 8.62. The number of allylic oxidation sites excluding steroid dienone is 1. The summed E-state index contributed by atoms with van der Waals surface area (Å²) in [5.74, 6) is -0.227. The average Bonchev–Trinajstić information content (AvgIpc) is 2.60. The van der Waals surface area contributed by atoms with Crippen LogP contribution >= 0.6 is 0 Å². The van der Waals surface area contributed by atoms with Gasteiger partial charge in [0.25, 0.3) is 10.1 Å². The van der Waals surface area contributed by atoms with E-state index in [1.54, 1.807) is 0 Å². The van der Waals surface area contributed by atoms with Crippen molar-refractivity contribution in [1.82, 2.24) is 0 Å². The van der Waals surface area contributed by atoms with Crippen molar-refractivity contribution in [3.8, 4) is 0 Å². The van der Waals surface area contributed by atoms with Gasteiger partial charge in [-0.1, -0.05) is 18.2 Å². The maximum Gasteiger partial charge on any atom is 0.264 e. The third-order valence-corrected chi connectivity index (χ3v) is 4.60. The molecular weight excluding hydrogens is 286 g/mol. The van der Waals surface area contributed by atoms with Crippen LogP contribution in [0.2, 0.25) is 0 Å². The smallest absolute Gasteiger partial charge is 0.264 e. The Morgan fingerprint density at radius 1 is 1.33 bits per heavy atom. The normalized spacial score (nSPS) is 16.6. The molecule has 1 aliphatic heterocycles. The molecule has 0 atom stereocenters. The molecule has 5 heteroatoms. The van der Waals surface area contributed by atoms with Gasteiger partial charge in [-0.2, -0.15) is 8.42 Å². The highest BCUT2D eigenvalue weighted by Gasteiger charge is 2.39. The van der Waals surface area contributed by atoms with Crippen molar-refractivity contribution < 1.29 is 13.0 Å². The van der Waals surface area contributed by atoms with E-state index in [9.17, 15) is 8.42 Å². The molecule has 1 aromatic rings. The first kappa shape index (κ1) is 15.8. The molecule has 0 radical (unpaired) electrons. The third-order valence-electron chi connectivity index (χ3n) is 3.80. The highest BCUT2D eigenvalue weighted by molar-refractivity contribution is 7.85. The lowest BCUT2D eigenvalue weighted by Crippen LogP contribution is -2.27. The summed E-state index contributed by atoms with van der Waals surface area (Å²) in [5, 5.41) is 0. The highest BCUT2D eigenvalue weighted by atomic mass is 32.2. The molecule has 1 aliphatic rings. The molecule has 4 nitrogen and oxygen atoms in total. The lowest BCUT2D eigenvalue weighted by atomic mass is 9.84. The summed E-state index contributed by atoms with van der Waals surface area (Å²) in [6, 6.07) is 8.11. The third kappa shape index (κ3) is 3.21. The van der Waals surface area contributed by atoms with Crippen molar-refractivity contribution in [2.45, 2.75) is 32.6 Å². The number of rotatable bonds is 4. The number of fused-ring (bicyclic) bond motifs is 1. The zero-order valence-corrected chi connectivity index (χ0v) is 13.4. The van der Waals surface area contributed by atoms with Gasteiger partial charge in [0.2, 0.25) is 0 Å². The van der Waals surface area contributed by atoms with Crippen LogP contribution in [0.25, 0.3) is 0 Å². The highest BCUT2D eigenvalue weighted by Crippen LogP contribution is 2.47. The summed E-state index contributed by atoms with van der Waals surface area (Å²) in [6.45, 7) is 6.74. The summed E-state index contributed by atoms with van der Waals surface area (Å²) in [6.07, 6.45) is 2.25. The summed E-state index contributed by atoms with van der Waals surface area (Å²) in [7, 11) is -3.92. The van der Waals surface area contributed by atoms with Gasteiger partial charge in [0.1, 0.15) is 0 Å². The van der Waals surface area contributed by atoms with E-state index in [-0.39, 0.29) is 11.2 Å². The van der Waals surface area contributed by atoms with Gasteiger partial charge in [-0.15, -0.1) is 5.73 Å². The molecule has 0 unspecified atom stereocenters. The van der Waals surface area contributed by atoms with Crippen LogP contribution in [0.1, 0.15) is 32.8 Å². The standard InChI is InChI=1S/C16H21NO3S/c1-4-8-15-16(2,3)13-9-5-6-10-14(13)17(15)11-7-12-21(18,19)20/h4-6,9-10H,7,11-12H2,1-3H3,(H,18,19,20). The van der Waals surface area contributed by atoms with Crippen LogP contribution in [-0.2, 0) is 15.5 Å². The fraction of sp³-hybridized carbons (Fsp3) is 0.438. The first-order valence-electron chi connectivity index (χ1n) is 7.01. The van der Waals surface area contributed by atoms with E-state index in [0.29, 0.717) is 13.0 Å². The molecule has 0 saturated heterocycles. The van der Waals surface area contributed by atoms with Gasteiger partial charge < -0.3 is 4.90 Å². The molecule has 0 amide bonds. The van der Waals surface area contributed by atoms with E-state index in [1.165, 1.54) is 5.56 Å². The number of anilines is 1. The van der Waals surface area contributed by atoms with Crippen molar-refractivity contribution in [3.63, 3.8) is 0 Å². The average molecular weight is 307 g/mol. The van der Waals surface area contributed by atoms with Gasteiger partial charge in [-0.05, 0) is 44.9 Å². The lowest BCUT2D eigenvalue weighted by molar-refractivity contribution is 0.481. The molecule has 0 aliphatic carbocycles. The Kier molecular flexibility index (Phi) is 4.28. The Morgan fingerprint density at radius 2 is 2.00 bits per heavy atom. The van der Waals surface area contributed by atoms with Crippen LogP contribution in [0.15, 0.2) is 41.8 Å². The monoisotopic (exact) mass is 307 g/mol. The van der Waals surface area contributed by atoms with Crippen molar-refractivity contribution in [2.24, 2.45) is 0 Å². The Balaban J connectivity index is 2.36. The van der Waals surface area contributed by atoms with E-state index in [2.05, 4.69) is 30.5 Å². The van der Waals surface area contributed by atoms with E-state index in [1.807, 2.05) is 31.2 Å². The Hall–Kier alpha value is -1.55. The van der Waals surface area contributed by atoms with Gasteiger partial charge in [-0.25, -0.2) is 0 Å². The molecule has 0 bridgehead atoms. The second kappa shape index (κ2) is 5.68. The first-order chi connectivity index (χ1) is 9.77. The van der Waals surface area contributed by atoms with Gasteiger partial charge in [0.05, 0.1) is 11.4 Å². The molecule has 0 spiro atoms. The molecule has 0 saturated carbocycles. The van der Waals surface area contributed by atoms with Gasteiger partial charge in [0, 0.05) is 17.6 Å². The minimum atomic E-state index is -3.92. The van der Waals surface area contributed by atoms with Crippen LogP contribution in [-0.4, -0.2) is 25.3 Å². The number of para-hydroxylation sites is 1. The number of benzene rings is 1. The van der Waals surface area contributed by atoms with Crippen LogP contribution in [0.5, 0.6) is 0 Å². The topological polar surface area (TPSA) is 57.6 Å². The Bertz CT molecular complexity index is 698.